The van der Waals surface area contributed by atoms with Gasteiger partial charge in [0.1, 0.15) is 0 Å². The van der Waals surface area contributed by atoms with Gasteiger partial charge in [0, 0.05) is 30.8 Å². The van der Waals surface area contributed by atoms with Crippen LogP contribution in [0.2, 0.25) is 0 Å². The Morgan fingerprint density at radius 1 is 0.931 bits per heavy atom. The van der Waals surface area contributed by atoms with Crippen molar-refractivity contribution in [2.24, 2.45) is 11.7 Å². The maximum Gasteiger partial charge on any atom is 0.485 e. The van der Waals surface area contributed by atoms with Crippen molar-refractivity contribution < 1.29 is 30.7 Å². The fourth-order valence-corrected chi connectivity index (χ4v) is 1.58. The van der Waals surface area contributed by atoms with E-state index in [-0.39, 0.29) is 0 Å². The third kappa shape index (κ3) is 16.6. The van der Waals surface area contributed by atoms with Crippen LogP contribution >= 0.6 is 0 Å². The van der Waals surface area contributed by atoms with E-state index in [1.807, 2.05) is 24.3 Å². The van der Waals surface area contributed by atoms with E-state index >= 15 is 0 Å². The van der Waals surface area contributed by atoms with Gasteiger partial charge in [-0.05, 0) is 0 Å². The van der Waals surface area contributed by atoms with Crippen molar-refractivity contribution in [2.45, 2.75) is 25.9 Å². The molecule has 0 aliphatic heterocycles. The van der Waals surface area contributed by atoms with Gasteiger partial charge in [-0.15, -0.1) is 0 Å². The lowest BCUT2D eigenvalue weighted by Crippen LogP contribution is -2.32. The zero-order valence-electron chi connectivity index (χ0n) is 16.3. The number of alkyl halides is 3. The highest BCUT2D eigenvalue weighted by molar-refractivity contribution is 7.86. The monoisotopic (exact) mass is 439 g/mol. The summed E-state index contributed by atoms with van der Waals surface area (Å²) in [6.07, 6.45) is 4.15. The number of benzene rings is 1. The number of halogens is 3. The number of hydrogen-bond donors (Lipinski definition) is 4. The van der Waals surface area contributed by atoms with Crippen LogP contribution in [0.1, 0.15) is 19.4 Å². The van der Waals surface area contributed by atoms with Gasteiger partial charge >= 0.3 is 5.51 Å². The van der Waals surface area contributed by atoms with E-state index in [2.05, 4.69) is 77.6 Å². The third-order valence-corrected chi connectivity index (χ3v) is 3.31. The summed E-state index contributed by atoms with van der Waals surface area (Å²) in [6.45, 7) is 7.05. The first kappa shape index (κ1) is 29.1. The van der Waals surface area contributed by atoms with Crippen LogP contribution in [0, 0.1) is 0 Å². The minimum atomic E-state index is -6.09. The Balaban J connectivity index is 0. The predicted molar refractivity (Wildman–Crippen MR) is 104 cm³/mol. The van der Waals surface area contributed by atoms with Crippen LogP contribution in [-0.4, -0.2) is 31.6 Å². The third-order valence-electron chi connectivity index (χ3n) is 2.75. The highest BCUT2D eigenvalue weighted by Gasteiger charge is 2.36. The molecule has 0 aliphatic carbocycles. The lowest BCUT2D eigenvalue weighted by molar-refractivity contribution is -0.688. The average Bonchev–Trinajstić information content (AvgIpc) is 2.69. The summed E-state index contributed by atoms with van der Waals surface area (Å²) < 4.78 is 61.1. The lowest BCUT2D eigenvalue weighted by Gasteiger charge is -2.08. The lowest BCUT2D eigenvalue weighted by atomic mass is 10.2. The minimum absolute atomic E-state index is 0.946. The molecule has 12 heteroatoms. The molecule has 0 atom stereocenters. The number of nitrogens with two attached hydrogens (primary N) is 2. The zero-order valence-corrected chi connectivity index (χ0v) is 17.1. The van der Waals surface area contributed by atoms with Gasteiger partial charge in [-0.3, -0.25) is 22.5 Å². The van der Waals surface area contributed by atoms with Gasteiger partial charge in [-0.1, -0.05) is 50.2 Å². The Morgan fingerprint density at radius 3 is 1.66 bits per heavy atom. The fourth-order valence-electron chi connectivity index (χ4n) is 1.58. The molecule has 0 aliphatic rings. The van der Waals surface area contributed by atoms with E-state index in [9.17, 15) is 13.2 Å². The summed E-state index contributed by atoms with van der Waals surface area (Å²) in [5.41, 5.74) is 1.58. The number of pyridine rings is 1. The van der Waals surface area contributed by atoms with Crippen LogP contribution in [0.25, 0.3) is 0 Å². The van der Waals surface area contributed by atoms with Crippen LogP contribution in [0.5, 0.6) is 0 Å². The second-order valence-electron chi connectivity index (χ2n) is 4.99. The Kier molecular flexibility index (Phi) is 16.9. The van der Waals surface area contributed by atoms with E-state index in [1.165, 1.54) is 5.56 Å². The van der Waals surface area contributed by atoms with Gasteiger partial charge in [-0.2, -0.15) is 13.2 Å². The van der Waals surface area contributed by atoms with E-state index in [0.29, 0.717) is 0 Å². The molecule has 1 heterocycles. The summed E-state index contributed by atoms with van der Waals surface area (Å²) in [7, 11) is -6.09. The molecule has 0 amide bonds. The Bertz CT molecular complexity index is 677. The topological polar surface area (TPSA) is 137 Å². The zero-order chi connectivity index (χ0) is 22.8. The first-order valence-corrected chi connectivity index (χ1v) is 9.81. The SMILES string of the molecule is CCNNCC.NN.O=S(=O)([O-])C(F)(F)F.c1ccc(C[n+]2ccccc2)cc1. The molecule has 0 saturated heterocycles. The molecule has 0 spiro atoms. The van der Waals surface area contributed by atoms with Crippen molar-refractivity contribution in [2.75, 3.05) is 13.1 Å². The summed E-state index contributed by atoms with van der Waals surface area (Å²) in [5.74, 6) is 8.00. The van der Waals surface area contributed by atoms with Crippen molar-refractivity contribution in [1.82, 2.24) is 10.9 Å². The molecule has 29 heavy (non-hydrogen) atoms. The molecule has 0 fully saturated rings. The molecule has 2 rings (SSSR count). The van der Waals surface area contributed by atoms with E-state index in [4.69, 9.17) is 13.0 Å². The molecule has 1 aromatic heterocycles. The molecule has 1 aromatic carbocycles. The molecular formula is C17H28F3N5O3S. The number of hydrazine groups is 2. The van der Waals surface area contributed by atoms with E-state index in [0.717, 1.165) is 19.6 Å². The molecular weight excluding hydrogens is 411 g/mol. The molecule has 166 valence electrons. The Hall–Kier alpha value is -2.09. The molecule has 2 aromatic rings. The summed E-state index contributed by atoms with van der Waals surface area (Å²) in [4.78, 5) is 0. The Labute approximate surface area is 169 Å². The van der Waals surface area contributed by atoms with Crippen LogP contribution in [0.15, 0.2) is 60.9 Å². The van der Waals surface area contributed by atoms with Crippen molar-refractivity contribution in [3.63, 3.8) is 0 Å². The number of aromatic nitrogens is 1. The summed E-state index contributed by atoms with van der Waals surface area (Å²) in [6, 6.07) is 16.6. The normalized spacial score (nSPS) is 10.3. The summed E-state index contributed by atoms with van der Waals surface area (Å²) in [5, 5.41) is 0. The predicted octanol–water partition coefficient (Wildman–Crippen LogP) is 1.01. The quantitative estimate of drug-likeness (QED) is 0.136. The molecule has 8 nitrogen and oxygen atoms in total. The largest absolute Gasteiger partial charge is 0.741 e. The number of nitrogens with zero attached hydrogens (tertiary/aromatic N) is 1. The molecule has 0 radical (unpaired) electrons. The van der Waals surface area contributed by atoms with Gasteiger partial charge in [-0.25, -0.2) is 13.0 Å². The second kappa shape index (κ2) is 16.8. The first-order chi connectivity index (χ1) is 13.6. The van der Waals surface area contributed by atoms with Crippen molar-refractivity contribution in [3.05, 3.63) is 66.5 Å². The standard InChI is InChI=1S/C12H12N.C4H12N2.CHF3O3S.H4N2/c1-3-7-12(8-4-1)11-13-9-5-2-6-10-13;1-3-5-6-4-2;2-1(3,4)8(5,6)7;1-2/h1-10H,11H2;5-6H,3-4H2,1-2H3;(H,5,6,7);1-2H2/q+1;;;/p-1. The number of rotatable bonds is 5. The van der Waals surface area contributed by atoms with E-state index < -0.39 is 15.6 Å². The van der Waals surface area contributed by atoms with Crippen molar-refractivity contribution in [3.8, 4) is 0 Å². The van der Waals surface area contributed by atoms with Crippen molar-refractivity contribution >= 4 is 10.1 Å². The maximum absolute atomic E-state index is 10.7. The van der Waals surface area contributed by atoms with Crippen LogP contribution < -0.4 is 27.1 Å². The minimum Gasteiger partial charge on any atom is -0.741 e. The number of nitrogens with one attached hydrogen (secondary N) is 2. The number of hydrogen-bond acceptors (Lipinski definition) is 7. The average molecular weight is 440 g/mol. The highest BCUT2D eigenvalue weighted by atomic mass is 32.2. The van der Waals surface area contributed by atoms with Crippen LogP contribution in [-0.2, 0) is 16.7 Å². The smallest absolute Gasteiger partial charge is 0.485 e. The summed E-state index contributed by atoms with van der Waals surface area (Å²) >= 11 is 0. The van der Waals surface area contributed by atoms with Crippen LogP contribution in [0.4, 0.5) is 13.2 Å². The van der Waals surface area contributed by atoms with Gasteiger partial charge in [0.15, 0.2) is 29.1 Å². The van der Waals surface area contributed by atoms with Gasteiger partial charge < -0.3 is 4.55 Å². The fraction of sp³-hybridized carbons (Fsp3) is 0.353. The van der Waals surface area contributed by atoms with Gasteiger partial charge in [0.25, 0.3) is 0 Å². The van der Waals surface area contributed by atoms with Crippen molar-refractivity contribution in [1.29, 1.82) is 0 Å². The Morgan fingerprint density at radius 2 is 1.31 bits per heavy atom. The first-order valence-electron chi connectivity index (χ1n) is 8.41. The molecule has 0 saturated carbocycles. The van der Waals surface area contributed by atoms with Gasteiger partial charge in [0.2, 0.25) is 0 Å². The molecule has 0 bridgehead atoms. The highest BCUT2D eigenvalue weighted by Crippen LogP contribution is 2.20. The molecule has 0 unspecified atom stereocenters. The van der Waals surface area contributed by atoms with Gasteiger partial charge in [0.05, 0.1) is 0 Å². The van der Waals surface area contributed by atoms with Crippen LogP contribution in [0.3, 0.4) is 0 Å². The molecule has 6 N–H and O–H groups in total. The van der Waals surface area contributed by atoms with E-state index in [1.54, 1.807) is 0 Å². The maximum atomic E-state index is 10.7. The second-order valence-corrected chi connectivity index (χ2v) is 6.37.